The molecule has 0 aromatic rings. The van der Waals surface area contributed by atoms with Crippen LogP contribution in [-0.4, -0.2) is 25.4 Å². The first-order valence-corrected chi connectivity index (χ1v) is 3.20. The van der Waals surface area contributed by atoms with E-state index in [1.54, 1.807) is 6.92 Å². The van der Waals surface area contributed by atoms with Crippen molar-refractivity contribution in [3.8, 4) is 0 Å². The summed E-state index contributed by atoms with van der Waals surface area (Å²) in [7, 11) is 0. The highest BCUT2D eigenvalue weighted by molar-refractivity contribution is 5.64. The summed E-state index contributed by atoms with van der Waals surface area (Å²) in [5.74, 6) is 0. The van der Waals surface area contributed by atoms with Gasteiger partial charge in [-0.1, -0.05) is 0 Å². The Hall–Kier alpha value is -0.770. The third-order valence-electron chi connectivity index (χ3n) is 0.874. The van der Waals surface area contributed by atoms with E-state index < -0.39 is 6.09 Å². The van der Waals surface area contributed by atoms with Gasteiger partial charge < -0.3 is 15.2 Å². The second-order valence-electron chi connectivity index (χ2n) is 1.91. The molecular weight excluding hydrogens is 134 g/mol. The minimum absolute atomic E-state index is 0.252. The van der Waals surface area contributed by atoms with E-state index in [0.29, 0.717) is 13.2 Å². The number of amides is 1. The van der Waals surface area contributed by atoms with Gasteiger partial charge in [0.05, 0.1) is 6.61 Å². The number of rotatable bonds is 4. The topological polar surface area (TPSA) is 61.6 Å². The molecule has 0 rings (SSSR count). The highest BCUT2D eigenvalue weighted by Crippen LogP contribution is 1.90. The van der Waals surface area contributed by atoms with Crippen molar-refractivity contribution in [3.05, 3.63) is 0 Å². The van der Waals surface area contributed by atoms with Gasteiger partial charge in [-0.05, 0) is 13.8 Å². The van der Waals surface area contributed by atoms with E-state index in [1.807, 2.05) is 6.92 Å². The van der Waals surface area contributed by atoms with Crippen LogP contribution in [0.2, 0.25) is 0 Å². The van der Waals surface area contributed by atoms with Gasteiger partial charge in [-0.2, -0.15) is 0 Å². The maximum Gasteiger partial charge on any atom is 0.404 e. The van der Waals surface area contributed by atoms with Crippen molar-refractivity contribution < 1.29 is 14.3 Å². The van der Waals surface area contributed by atoms with Crippen LogP contribution < -0.4 is 5.73 Å². The highest BCUT2D eigenvalue weighted by Gasteiger charge is 2.03. The first-order valence-electron chi connectivity index (χ1n) is 3.20. The minimum Gasteiger partial charge on any atom is -0.444 e. The fourth-order valence-electron chi connectivity index (χ4n) is 0.516. The average Bonchev–Trinajstić information content (AvgIpc) is 1.82. The van der Waals surface area contributed by atoms with Gasteiger partial charge in [0, 0.05) is 6.61 Å². The van der Waals surface area contributed by atoms with Crippen LogP contribution in [0.5, 0.6) is 0 Å². The molecule has 10 heavy (non-hydrogen) atoms. The molecule has 0 bridgehead atoms. The van der Waals surface area contributed by atoms with Crippen LogP contribution in [0.1, 0.15) is 13.8 Å². The van der Waals surface area contributed by atoms with E-state index in [2.05, 4.69) is 4.74 Å². The molecule has 0 saturated carbocycles. The van der Waals surface area contributed by atoms with E-state index in [-0.39, 0.29) is 6.10 Å². The van der Waals surface area contributed by atoms with E-state index in [1.165, 1.54) is 0 Å². The van der Waals surface area contributed by atoms with Crippen molar-refractivity contribution >= 4 is 6.09 Å². The van der Waals surface area contributed by atoms with Crippen LogP contribution >= 0.6 is 0 Å². The number of primary amides is 1. The fraction of sp³-hybridized carbons (Fsp3) is 0.833. The van der Waals surface area contributed by atoms with Crippen LogP contribution in [0, 0.1) is 0 Å². The zero-order chi connectivity index (χ0) is 7.98. The molecule has 4 heteroatoms. The van der Waals surface area contributed by atoms with Crippen molar-refractivity contribution in [2.24, 2.45) is 5.73 Å². The summed E-state index contributed by atoms with van der Waals surface area (Å²) in [4.78, 5) is 10.1. The largest absolute Gasteiger partial charge is 0.444 e. The lowest BCUT2D eigenvalue weighted by Gasteiger charge is -2.09. The second kappa shape index (κ2) is 5.05. The lowest BCUT2D eigenvalue weighted by atomic mass is 10.4. The maximum absolute atomic E-state index is 10.1. The number of carbonyl (C=O) groups is 1. The van der Waals surface area contributed by atoms with E-state index in [0.717, 1.165) is 0 Å². The monoisotopic (exact) mass is 147 g/mol. The lowest BCUT2D eigenvalue weighted by molar-refractivity contribution is 0.0369. The fourth-order valence-corrected chi connectivity index (χ4v) is 0.516. The molecule has 0 aromatic heterocycles. The quantitative estimate of drug-likeness (QED) is 0.630. The molecule has 60 valence electrons. The van der Waals surface area contributed by atoms with Crippen molar-refractivity contribution in [1.82, 2.24) is 0 Å². The molecule has 2 N–H and O–H groups in total. The molecule has 0 aliphatic carbocycles. The third kappa shape index (κ3) is 5.37. The van der Waals surface area contributed by atoms with Crippen molar-refractivity contribution in [1.29, 1.82) is 0 Å². The van der Waals surface area contributed by atoms with Gasteiger partial charge in [0.2, 0.25) is 0 Å². The van der Waals surface area contributed by atoms with Gasteiger partial charge in [0.15, 0.2) is 0 Å². The molecular formula is C6H13NO3. The van der Waals surface area contributed by atoms with E-state index in [4.69, 9.17) is 10.5 Å². The Labute approximate surface area is 60.3 Å². The maximum atomic E-state index is 10.1. The standard InChI is InChI=1S/C6H13NO3/c1-3-9-4-5(2)10-6(7)8/h5H,3-4H2,1-2H3,(H2,7,8)/t5-/m0/s1. The zero-order valence-corrected chi connectivity index (χ0v) is 6.29. The Bertz CT molecular complexity index is 105. The molecule has 0 aliphatic heterocycles. The van der Waals surface area contributed by atoms with Gasteiger partial charge in [0.1, 0.15) is 6.10 Å². The number of hydrogen-bond acceptors (Lipinski definition) is 3. The van der Waals surface area contributed by atoms with Crippen LogP contribution in [0.15, 0.2) is 0 Å². The predicted molar refractivity (Wildman–Crippen MR) is 36.6 cm³/mol. The van der Waals surface area contributed by atoms with Gasteiger partial charge in [-0.25, -0.2) is 4.79 Å². The van der Waals surface area contributed by atoms with Crippen molar-refractivity contribution in [2.75, 3.05) is 13.2 Å². The number of hydrogen-bond donors (Lipinski definition) is 1. The van der Waals surface area contributed by atoms with Crippen molar-refractivity contribution in [2.45, 2.75) is 20.0 Å². The molecule has 0 spiro atoms. The molecule has 1 atom stereocenters. The van der Waals surface area contributed by atoms with Gasteiger partial charge >= 0.3 is 6.09 Å². The summed E-state index contributed by atoms with van der Waals surface area (Å²) in [6.07, 6.45) is -1.01. The highest BCUT2D eigenvalue weighted by atomic mass is 16.6. The Kier molecular flexibility index (Phi) is 4.66. The Morgan fingerprint density at radius 2 is 2.30 bits per heavy atom. The molecule has 0 fully saturated rings. The Morgan fingerprint density at radius 3 is 2.70 bits per heavy atom. The van der Waals surface area contributed by atoms with Crippen LogP contribution in [-0.2, 0) is 9.47 Å². The summed E-state index contributed by atoms with van der Waals surface area (Å²) >= 11 is 0. The predicted octanol–water partition coefficient (Wildman–Crippen LogP) is 0.507. The minimum atomic E-state index is -0.757. The Balaban J connectivity index is 3.25. The molecule has 0 unspecified atom stereocenters. The van der Waals surface area contributed by atoms with E-state index in [9.17, 15) is 4.79 Å². The summed E-state index contributed by atoms with van der Waals surface area (Å²) in [6.45, 7) is 4.61. The lowest BCUT2D eigenvalue weighted by Crippen LogP contribution is -2.24. The van der Waals surface area contributed by atoms with Crippen LogP contribution in [0.4, 0.5) is 4.79 Å². The first-order chi connectivity index (χ1) is 4.66. The normalized spacial score (nSPS) is 12.6. The smallest absolute Gasteiger partial charge is 0.404 e. The van der Waals surface area contributed by atoms with Crippen LogP contribution in [0.3, 0.4) is 0 Å². The molecule has 0 aromatic carbocycles. The molecule has 0 aliphatic rings. The van der Waals surface area contributed by atoms with E-state index >= 15 is 0 Å². The summed E-state index contributed by atoms with van der Waals surface area (Å²) < 4.78 is 9.53. The second-order valence-corrected chi connectivity index (χ2v) is 1.91. The number of ether oxygens (including phenoxy) is 2. The summed E-state index contributed by atoms with van der Waals surface area (Å²) in [5.41, 5.74) is 4.75. The van der Waals surface area contributed by atoms with Crippen LogP contribution in [0.25, 0.3) is 0 Å². The van der Waals surface area contributed by atoms with Crippen molar-refractivity contribution in [3.63, 3.8) is 0 Å². The van der Waals surface area contributed by atoms with Gasteiger partial charge in [-0.15, -0.1) is 0 Å². The molecule has 1 amide bonds. The van der Waals surface area contributed by atoms with Gasteiger partial charge in [0.25, 0.3) is 0 Å². The Morgan fingerprint density at radius 1 is 1.70 bits per heavy atom. The zero-order valence-electron chi connectivity index (χ0n) is 6.29. The number of carbonyl (C=O) groups excluding carboxylic acids is 1. The van der Waals surface area contributed by atoms with Gasteiger partial charge in [-0.3, -0.25) is 0 Å². The third-order valence-corrected chi connectivity index (χ3v) is 0.874. The number of nitrogens with two attached hydrogens (primary N) is 1. The first kappa shape index (κ1) is 9.23. The summed E-state index contributed by atoms with van der Waals surface area (Å²) in [5, 5.41) is 0. The molecule has 0 saturated heterocycles. The molecule has 0 heterocycles. The molecule has 4 nitrogen and oxygen atoms in total. The average molecular weight is 147 g/mol. The summed E-state index contributed by atoms with van der Waals surface area (Å²) in [6, 6.07) is 0. The molecule has 0 radical (unpaired) electrons. The SMILES string of the molecule is CCOC[C@H](C)OC(N)=O.